The van der Waals surface area contributed by atoms with Crippen LogP contribution in [0.15, 0.2) is 48.5 Å². The van der Waals surface area contributed by atoms with E-state index in [4.69, 9.17) is 0 Å². The summed E-state index contributed by atoms with van der Waals surface area (Å²) < 4.78 is 0. The second-order valence-corrected chi connectivity index (χ2v) is 5.11. The van der Waals surface area contributed by atoms with Gasteiger partial charge in [0, 0.05) is 7.05 Å². The van der Waals surface area contributed by atoms with Gasteiger partial charge in [0.05, 0.1) is 28.0 Å². The number of carbonyl (C=O) groups is 1. The van der Waals surface area contributed by atoms with Crippen LogP contribution in [0.5, 0.6) is 0 Å². The van der Waals surface area contributed by atoms with Crippen molar-refractivity contribution in [2.75, 3.05) is 12.4 Å². The maximum atomic E-state index is 12.0. The van der Waals surface area contributed by atoms with Gasteiger partial charge in [-0.2, -0.15) is 0 Å². The number of hydrogen-bond acceptors (Lipinski definition) is 4. The summed E-state index contributed by atoms with van der Waals surface area (Å²) in [6, 6.07) is 15.1. The van der Waals surface area contributed by atoms with Crippen molar-refractivity contribution in [2.45, 2.75) is 13.3 Å². The van der Waals surface area contributed by atoms with Gasteiger partial charge >= 0.3 is 0 Å². The van der Waals surface area contributed by atoms with Gasteiger partial charge in [-0.05, 0) is 30.7 Å². The van der Waals surface area contributed by atoms with Crippen molar-refractivity contribution >= 4 is 28.4 Å². The molecule has 0 radical (unpaired) electrons. The highest BCUT2D eigenvalue weighted by atomic mass is 16.1. The quantitative estimate of drug-likeness (QED) is 0.776. The minimum absolute atomic E-state index is 0.139. The predicted molar refractivity (Wildman–Crippen MR) is 92.0 cm³/mol. The molecule has 0 fully saturated rings. The maximum absolute atomic E-state index is 12.0. The molecule has 3 aromatic rings. The number of benzene rings is 2. The van der Waals surface area contributed by atoms with E-state index in [1.807, 2.05) is 49.4 Å². The van der Waals surface area contributed by atoms with Gasteiger partial charge in [0.25, 0.3) is 5.91 Å². The second-order valence-electron chi connectivity index (χ2n) is 5.11. The van der Waals surface area contributed by atoms with Crippen molar-refractivity contribution in [1.82, 2.24) is 15.3 Å². The van der Waals surface area contributed by atoms with Gasteiger partial charge in [-0.25, -0.2) is 9.97 Å². The van der Waals surface area contributed by atoms with Crippen LogP contribution in [-0.2, 0) is 6.42 Å². The molecule has 5 heteroatoms. The SMILES string of the molecule is CCc1nc2ccccc2nc1Nc1ccccc1C(=O)NC. The molecule has 1 aromatic heterocycles. The topological polar surface area (TPSA) is 66.9 Å². The van der Waals surface area contributed by atoms with Crippen molar-refractivity contribution in [2.24, 2.45) is 0 Å². The molecule has 0 unspecified atom stereocenters. The Hall–Kier alpha value is -2.95. The minimum atomic E-state index is -0.139. The Balaban J connectivity index is 2.06. The number of rotatable bonds is 4. The molecule has 5 nitrogen and oxygen atoms in total. The normalized spacial score (nSPS) is 10.5. The smallest absolute Gasteiger partial charge is 0.253 e. The first-order valence-corrected chi connectivity index (χ1v) is 7.56. The summed E-state index contributed by atoms with van der Waals surface area (Å²) in [6.45, 7) is 2.04. The third-order valence-corrected chi connectivity index (χ3v) is 3.63. The fourth-order valence-corrected chi connectivity index (χ4v) is 2.44. The Bertz CT molecular complexity index is 861. The van der Waals surface area contributed by atoms with E-state index in [1.54, 1.807) is 13.1 Å². The van der Waals surface area contributed by atoms with Gasteiger partial charge in [0.2, 0.25) is 0 Å². The zero-order valence-corrected chi connectivity index (χ0v) is 13.1. The summed E-state index contributed by atoms with van der Waals surface area (Å²) in [4.78, 5) is 21.3. The Morgan fingerprint density at radius 1 is 1.00 bits per heavy atom. The Morgan fingerprint density at radius 3 is 2.35 bits per heavy atom. The highest BCUT2D eigenvalue weighted by molar-refractivity contribution is 6.00. The molecule has 0 aliphatic rings. The van der Waals surface area contributed by atoms with Gasteiger partial charge in [-0.1, -0.05) is 31.2 Å². The van der Waals surface area contributed by atoms with E-state index >= 15 is 0 Å². The summed E-state index contributed by atoms with van der Waals surface area (Å²) in [6.07, 6.45) is 0.752. The molecule has 0 spiro atoms. The van der Waals surface area contributed by atoms with Crippen LogP contribution in [-0.4, -0.2) is 22.9 Å². The van der Waals surface area contributed by atoms with Gasteiger partial charge in [-0.3, -0.25) is 4.79 Å². The first-order chi connectivity index (χ1) is 11.2. The van der Waals surface area contributed by atoms with E-state index in [-0.39, 0.29) is 5.91 Å². The van der Waals surface area contributed by atoms with Crippen LogP contribution >= 0.6 is 0 Å². The number of aryl methyl sites for hydroxylation is 1. The van der Waals surface area contributed by atoms with Crippen LogP contribution in [0.2, 0.25) is 0 Å². The molecule has 1 heterocycles. The zero-order valence-electron chi connectivity index (χ0n) is 13.1. The van der Waals surface area contributed by atoms with Crippen LogP contribution in [0.4, 0.5) is 11.5 Å². The number of nitrogens with zero attached hydrogens (tertiary/aromatic N) is 2. The van der Waals surface area contributed by atoms with Gasteiger partial charge < -0.3 is 10.6 Å². The van der Waals surface area contributed by atoms with E-state index < -0.39 is 0 Å². The molecule has 0 aliphatic carbocycles. The van der Waals surface area contributed by atoms with E-state index in [1.165, 1.54) is 0 Å². The lowest BCUT2D eigenvalue weighted by Crippen LogP contribution is -2.19. The van der Waals surface area contributed by atoms with Crippen LogP contribution in [0.25, 0.3) is 11.0 Å². The van der Waals surface area contributed by atoms with E-state index in [0.29, 0.717) is 17.1 Å². The number of anilines is 2. The molecule has 1 amide bonds. The van der Waals surface area contributed by atoms with E-state index in [2.05, 4.69) is 20.6 Å². The molecule has 0 saturated carbocycles. The molecule has 0 atom stereocenters. The molecular formula is C18H18N4O. The Morgan fingerprint density at radius 2 is 1.65 bits per heavy atom. The summed E-state index contributed by atoms with van der Waals surface area (Å²) in [7, 11) is 1.62. The van der Waals surface area contributed by atoms with E-state index in [0.717, 1.165) is 23.1 Å². The number of nitrogens with one attached hydrogen (secondary N) is 2. The largest absolute Gasteiger partial charge is 0.355 e. The number of carbonyl (C=O) groups excluding carboxylic acids is 1. The standard InChI is InChI=1S/C18H18N4O/c1-3-13-17(22-16-11-7-6-10-15(16)20-13)21-14-9-5-4-8-12(14)18(23)19-2/h4-11H,3H2,1-2H3,(H,19,23)(H,21,22). The number of aromatic nitrogens is 2. The molecular weight excluding hydrogens is 288 g/mol. The predicted octanol–water partition coefficient (Wildman–Crippen LogP) is 3.30. The van der Waals surface area contributed by atoms with Crippen molar-refractivity contribution in [3.63, 3.8) is 0 Å². The lowest BCUT2D eigenvalue weighted by atomic mass is 10.1. The van der Waals surface area contributed by atoms with Gasteiger partial charge in [-0.15, -0.1) is 0 Å². The highest BCUT2D eigenvalue weighted by Crippen LogP contribution is 2.24. The molecule has 0 saturated heterocycles. The average Bonchev–Trinajstić information content (AvgIpc) is 2.61. The summed E-state index contributed by atoms with van der Waals surface area (Å²) in [5.74, 6) is 0.544. The highest BCUT2D eigenvalue weighted by Gasteiger charge is 2.12. The lowest BCUT2D eigenvalue weighted by molar-refractivity contribution is 0.0964. The maximum Gasteiger partial charge on any atom is 0.253 e. The number of para-hydroxylation sites is 3. The Labute approximate surface area is 134 Å². The molecule has 0 bridgehead atoms. The fourth-order valence-electron chi connectivity index (χ4n) is 2.44. The van der Waals surface area contributed by atoms with Crippen molar-refractivity contribution in [1.29, 1.82) is 0 Å². The average molecular weight is 306 g/mol. The van der Waals surface area contributed by atoms with E-state index in [9.17, 15) is 4.79 Å². The number of amides is 1. The molecule has 0 aliphatic heterocycles. The van der Waals surface area contributed by atoms with Crippen LogP contribution < -0.4 is 10.6 Å². The second kappa shape index (κ2) is 6.44. The third-order valence-electron chi connectivity index (χ3n) is 3.63. The first-order valence-electron chi connectivity index (χ1n) is 7.56. The number of fused-ring (bicyclic) bond motifs is 1. The fraction of sp³-hybridized carbons (Fsp3) is 0.167. The molecule has 2 aromatic carbocycles. The summed E-state index contributed by atoms with van der Waals surface area (Å²) in [5.41, 5.74) is 3.85. The summed E-state index contributed by atoms with van der Waals surface area (Å²) >= 11 is 0. The third kappa shape index (κ3) is 2.99. The lowest BCUT2D eigenvalue weighted by Gasteiger charge is -2.13. The van der Waals surface area contributed by atoms with Crippen molar-refractivity contribution < 1.29 is 4.79 Å². The van der Waals surface area contributed by atoms with Gasteiger partial charge in [0.15, 0.2) is 5.82 Å². The van der Waals surface area contributed by atoms with Gasteiger partial charge in [0.1, 0.15) is 0 Å². The zero-order chi connectivity index (χ0) is 16.2. The van der Waals surface area contributed by atoms with Crippen molar-refractivity contribution in [3.05, 3.63) is 59.8 Å². The van der Waals surface area contributed by atoms with Crippen LogP contribution in [0.1, 0.15) is 23.0 Å². The molecule has 23 heavy (non-hydrogen) atoms. The van der Waals surface area contributed by atoms with Crippen LogP contribution in [0.3, 0.4) is 0 Å². The molecule has 2 N–H and O–H groups in total. The monoisotopic (exact) mass is 306 g/mol. The molecule has 116 valence electrons. The number of hydrogen-bond donors (Lipinski definition) is 2. The first kappa shape index (κ1) is 15.0. The molecule has 3 rings (SSSR count). The van der Waals surface area contributed by atoms with Crippen LogP contribution in [0, 0.1) is 0 Å². The minimum Gasteiger partial charge on any atom is -0.355 e. The summed E-state index contributed by atoms with van der Waals surface area (Å²) in [5, 5.41) is 5.92. The van der Waals surface area contributed by atoms with Crippen molar-refractivity contribution in [3.8, 4) is 0 Å². The Kier molecular flexibility index (Phi) is 4.19.